The summed E-state index contributed by atoms with van der Waals surface area (Å²) in [5, 5.41) is 29.2. The van der Waals surface area contributed by atoms with Crippen molar-refractivity contribution in [2.75, 3.05) is 41.6 Å². The van der Waals surface area contributed by atoms with E-state index < -0.39 is 12.1 Å². The van der Waals surface area contributed by atoms with Crippen LogP contribution in [0.4, 0.5) is 0 Å². The minimum atomic E-state index is -0.714. The molecule has 13 nitrogen and oxygen atoms in total. The first kappa shape index (κ1) is 40.4. The molecule has 4 heterocycles. The van der Waals surface area contributed by atoms with Gasteiger partial charge in [0.15, 0.2) is 5.82 Å². The number of nitrogens with one attached hydrogen (secondary N) is 1. The van der Waals surface area contributed by atoms with Crippen LogP contribution in [0.25, 0.3) is 39.1 Å². The van der Waals surface area contributed by atoms with Crippen molar-refractivity contribution in [3.8, 4) is 45.7 Å². The highest BCUT2D eigenvalue weighted by atomic mass is 35.5. The predicted octanol–water partition coefficient (Wildman–Crippen LogP) is 6.84. The lowest BCUT2D eigenvalue weighted by Crippen LogP contribution is -2.46. The first-order chi connectivity index (χ1) is 27.6. The van der Waals surface area contributed by atoms with E-state index in [0.717, 1.165) is 70.0 Å². The summed E-state index contributed by atoms with van der Waals surface area (Å²) in [4.78, 5) is 23.4. The average Bonchev–Trinajstić information content (AvgIpc) is 3.66. The van der Waals surface area contributed by atoms with Crippen LogP contribution in [-0.4, -0.2) is 101 Å². The van der Waals surface area contributed by atoms with Crippen LogP contribution < -0.4 is 19.5 Å². The molecule has 2 atom stereocenters. The van der Waals surface area contributed by atoms with Gasteiger partial charge in [0.05, 0.1) is 62.0 Å². The number of ether oxygens (including phenoxy) is 4. The van der Waals surface area contributed by atoms with Gasteiger partial charge in [-0.05, 0) is 75.3 Å². The van der Waals surface area contributed by atoms with Crippen molar-refractivity contribution in [2.24, 2.45) is 5.92 Å². The number of benzene rings is 2. The molecular formula is C43H51ClN6O7. The van der Waals surface area contributed by atoms with E-state index in [4.69, 9.17) is 45.6 Å². The van der Waals surface area contributed by atoms with E-state index in [1.807, 2.05) is 48.7 Å². The lowest BCUT2D eigenvalue weighted by Gasteiger charge is -2.34. The highest BCUT2D eigenvalue weighted by Crippen LogP contribution is 2.41. The molecule has 2 aromatic carbocycles. The number of carboxylic acid groups (broad SMARTS) is 1. The Labute approximate surface area is 337 Å². The van der Waals surface area contributed by atoms with Crippen molar-refractivity contribution in [1.82, 2.24) is 30.0 Å². The zero-order chi connectivity index (χ0) is 40.2. The molecule has 0 unspecified atom stereocenters. The van der Waals surface area contributed by atoms with Crippen molar-refractivity contribution in [2.45, 2.75) is 76.7 Å². The SMILES string of the molecule is COc1cc(-n2ncc3c(-c4cccc(-c5cc(C)c(CN(C)C6CCC(CC(=O)O)CC6)c(OC)n5)c4Cl)cccc32)nc(OC)c1CN[C@@H]1CCOC[C@@H]1O. The topological polar surface area (TPSA) is 153 Å². The zero-order valence-electron chi connectivity index (χ0n) is 33.1. The molecule has 5 aromatic rings. The molecule has 1 saturated heterocycles. The number of methoxy groups -OCH3 is 3. The van der Waals surface area contributed by atoms with Gasteiger partial charge in [-0.2, -0.15) is 10.1 Å². The number of aryl methyl sites for hydroxylation is 1. The Hall–Kier alpha value is -4.79. The van der Waals surface area contributed by atoms with E-state index in [2.05, 4.69) is 30.3 Å². The van der Waals surface area contributed by atoms with Gasteiger partial charge in [0, 0.05) is 66.3 Å². The number of aliphatic hydroxyl groups is 1. The Kier molecular flexibility index (Phi) is 12.6. The maximum atomic E-state index is 11.2. The van der Waals surface area contributed by atoms with Crippen LogP contribution in [0.15, 0.2) is 54.7 Å². The first-order valence-corrected chi connectivity index (χ1v) is 19.8. The molecule has 14 heteroatoms. The van der Waals surface area contributed by atoms with E-state index in [0.29, 0.717) is 72.8 Å². The molecule has 1 aliphatic carbocycles. The number of aliphatic hydroxyl groups excluding tert-OH is 1. The van der Waals surface area contributed by atoms with Crippen molar-refractivity contribution in [3.05, 3.63) is 76.4 Å². The highest BCUT2D eigenvalue weighted by Gasteiger charge is 2.28. The maximum Gasteiger partial charge on any atom is 0.303 e. The smallest absolute Gasteiger partial charge is 0.303 e. The number of hydrogen-bond donors (Lipinski definition) is 3. The number of carbonyl (C=O) groups is 1. The number of aromatic nitrogens is 4. The molecular weight excluding hydrogens is 748 g/mol. The quantitative estimate of drug-likeness (QED) is 0.108. The fourth-order valence-electron chi connectivity index (χ4n) is 8.32. The summed E-state index contributed by atoms with van der Waals surface area (Å²) in [6, 6.07) is 16.1. The number of nitrogens with zero attached hydrogens (tertiary/aromatic N) is 5. The Morgan fingerprint density at radius 2 is 1.68 bits per heavy atom. The molecule has 2 fully saturated rings. The standard InChI is InChI=1S/C43H51ClN6O7/c1-25-18-35(47-43(56-5)33(25)23-49(2)27-14-12-26(13-15-27)19-40(52)53)30-10-6-9-29(41(30)44)28-8-7-11-36-31(28)22-46-50(36)39-20-38(54-3)32(42(48-39)55-4)21-45-34-16-17-57-24-37(34)51/h6-11,18,20,22,26-27,34,37,45,51H,12-17,19,21,23-24H2,1-5H3,(H,52,53)/t26?,27?,34-,37+/m1/s1. The third kappa shape index (κ3) is 8.58. The molecule has 3 aromatic heterocycles. The van der Waals surface area contributed by atoms with Gasteiger partial charge in [-0.1, -0.05) is 41.9 Å². The Balaban J connectivity index is 1.15. The Bertz CT molecular complexity index is 2200. The van der Waals surface area contributed by atoms with E-state index in [-0.39, 0.29) is 18.4 Å². The molecule has 0 amide bonds. The fraction of sp³-hybridized carbons (Fsp3) is 0.442. The van der Waals surface area contributed by atoms with Crippen molar-refractivity contribution >= 4 is 28.5 Å². The summed E-state index contributed by atoms with van der Waals surface area (Å²) in [5.41, 5.74) is 6.86. The number of pyridine rings is 2. The number of aliphatic carboxylic acids is 1. The van der Waals surface area contributed by atoms with Gasteiger partial charge in [0.1, 0.15) is 5.75 Å². The maximum absolute atomic E-state index is 11.2. The van der Waals surface area contributed by atoms with Gasteiger partial charge in [-0.3, -0.25) is 9.69 Å². The molecule has 0 bridgehead atoms. The summed E-state index contributed by atoms with van der Waals surface area (Å²) in [7, 11) is 6.95. The van der Waals surface area contributed by atoms with Crippen LogP contribution in [0.3, 0.4) is 0 Å². The molecule has 2 aliphatic rings. The van der Waals surface area contributed by atoms with E-state index in [1.54, 1.807) is 26.0 Å². The van der Waals surface area contributed by atoms with Gasteiger partial charge in [-0.15, -0.1) is 0 Å². The summed E-state index contributed by atoms with van der Waals surface area (Å²) < 4.78 is 24.6. The summed E-state index contributed by atoms with van der Waals surface area (Å²) in [6.45, 7) is 4.02. The van der Waals surface area contributed by atoms with Gasteiger partial charge in [0.25, 0.3) is 0 Å². The van der Waals surface area contributed by atoms with Gasteiger partial charge in [0.2, 0.25) is 11.8 Å². The van der Waals surface area contributed by atoms with E-state index in [1.165, 1.54) is 0 Å². The lowest BCUT2D eigenvalue weighted by molar-refractivity contribution is -0.138. The van der Waals surface area contributed by atoms with Crippen molar-refractivity contribution in [1.29, 1.82) is 0 Å². The van der Waals surface area contributed by atoms with Gasteiger partial charge < -0.3 is 34.5 Å². The minimum Gasteiger partial charge on any atom is -0.496 e. The highest BCUT2D eigenvalue weighted by molar-refractivity contribution is 6.36. The molecule has 0 radical (unpaired) electrons. The molecule has 57 heavy (non-hydrogen) atoms. The normalized spacial score (nSPS) is 19.9. The number of carboxylic acids is 1. The van der Waals surface area contributed by atoms with E-state index >= 15 is 0 Å². The van der Waals surface area contributed by atoms with Crippen LogP contribution in [0.5, 0.6) is 17.5 Å². The molecule has 7 rings (SSSR count). The first-order valence-electron chi connectivity index (χ1n) is 19.4. The van der Waals surface area contributed by atoms with Crippen LogP contribution >= 0.6 is 11.6 Å². The molecule has 302 valence electrons. The number of rotatable bonds is 14. The third-order valence-electron chi connectivity index (χ3n) is 11.5. The van der Waals surface area contributed by atoms with Crippen LogP contribution in [-0.2, 0) is 22.6 Å². The zero-order valence-corrected chi connectivity index (χ0v) is 33.9. The summed E-state index contributed by atoms with van der Waals surface area (Å²) in [5.74, 6) is 1.59. The van der Waals surface area contributed by atoms with Crippen LogP contribution in [0.1, 0.15) is 55.2 Å². The number of halogens is 1. The molecule has 1 saturated carbocycles. The fourth-order valence-corrected chi connectivity index (χ4v) is 8.65. The Morgan fingerprint density at radius 3 is 2.40 bits per heavy atom. The largest absolute Gasteiger partial charge is 0.496 e. The summed E-state index contributed by atoms with van der Waals surface area (Å²) >= 11 is 7.28. The predicted molar refractivity (Wildman–Crippen MR) is 218 cm³/mol. The average molecular weight is 799 g/mol. The monoisotopic (exact) mass is 798 g/mol. The number of hydrogen-bond acceptors (Lipinski definition) is 11. The van der Waals surface area contributed by atoms with Crippen molar-refractivity contribution < 1.29 is 34.0 Å². The van der Waals surface area contributed by atoms with Crippen LogP contribution in [0, 0.1) is 12.8 Å². The van der Waals surface area contributed by atoms with Gasteiger partial charge >= 0.3 is 5.97 Å². The molecule has 1 aliphatic heterocycles. The van der Waals surface area contributed by atoms with E-state index in [9.17, 15) is 15.0 Å². The summed E-state index contributed by atoms with van der Waals surface area (Å²) in [6.07, 6.45) is 5.95. The third-order valence-corrected chi connectivity index (χ3v) is 11.9. The molecule has 0 spiro atoms. The van der Waals surface area contributed by atoms with Gasteiger partial charge in [-0.25, -0.2) is 9.67 Å². The lowest BCUT2D eigenvalue weighted by atomic mass is 9.83. The second kappa shape index (κ2) is 17.8. The number of fused-ring (bicyclic) bond motifs is 1. The minimum absolute atomic E-state index is 0.116. The van der Waals surface area contributed by atoms with Crippen molar-refractivity contribution in [3.63, 3.8) is 0 Å². The Morgan fingerprint density at radius 1 is 0.965 bits per heavy atom. The second-order valence-corrected chi connectivity index (χ2v) is 15.4. The second-order valence-electron chi connectivity index (χ2n) is 15.1. The van der Waals surface area contributed by atoms with Crippen LogP contribution in [0.2, 0.25) is 5.02 Å². The molecule has 3 N–H and O–H groups in total.